The van der Waals surface area contributed by atoms with Crippen LogP contribution >= 0.6 is 11.3 Å². The maximum atomic E-state index is 12.1. The summed E-state index contributed by atoms with van der Waals surface area (Å²) < 4.78 is 5.97. The summed E-state index contributed by atoms with van der Waals surface area (Å²) in [6, 6.07) is 3.88. The van der Waals surface area contributed by atoms with Crippen molar-refractivity contribution >= 4 is 23.2 Å². The Labute approximate surface area is 125 Å². The van der Waals surface area contributed by atoms with Gasteiger partial charge in [0.2, 0.25) is 5.91 Å². The number of esters is 1. The number of thiophene rings is 1. The Bertz CT molecular complexity index is 610. The second-order valence-electron chi connectivity index (χ2n) is 4.21. The average Bonchev–Trinajstić information content (AvgIpc) is 3.10. The molecular formula is C12H15N5O3S. The minimum atomic E-state index is -0.642. The molecule has 2 aromatic heterocycles. The van der Waals surface area contributed by atoms with Crippen molar-refractivity contribution in [1.29, 1.82) is 0 Å². The van der Waals surface area contributed by atoms with Crippen LogP contribution in [0.4, 0.5) is 0 Å². The predicted molar refractivity (Wildman–Crippen MR) is 74.6 cm³/mol. The fourth-order valence-electron chi connectivity index (χ4n) is 1.63. The lowest BCUT2D eigenvalue weighted by Gasteiger charge is -2.16. The van der Waals surface area contributed by atoms with Gasteiger partial charge in [-0.1, -0.05) is 6.07 Å². The van der Waals surface area contributed by atoms with Gasteiger partial charge in [0.1, 0.15) is 6.54 Å². The summed E-state index contributed by atoms with van der Waals surface area (Å²) >= 11 is 1.58. The van der Waals surface area contributed by atoms with Gasteiger partial charge in [-0.2, -0.15) is 0 Å². The molecule has 0 N–H and O–H groups in total. The predicted octanol–water partition coefficient (Wildman–Crippen LogP) is 0.570. The number of carbonyl (C=O) groups excluding carboxylic acids is 2. The number of likely N-dealkylation sites (N-methyl/N-ethyl adjacent to an activating group) is 1. The van der Waals surface area contributed by atoms with Crippen molar-refractivity contribution in [2.24, 2.45) is 0 Å². The van der Waals surface area contributed by atoms with Crippen molar-refractivity contribution in [1.82, 2.24) is 25.1 Å². The van der Waals surface area contributed by atoms with Crippen molar-refractivity contribution in [3.63, 3.8) is 0 Å². The first-order valence-corrected chi connectivity index (χ1v) is 7.19. The molecule has 0 saturated heterocycles. The van der Waals surface area contributed by atoms with Crippen LogP contribution in [-0.2, 0) is 22.6 Å². The average molecular weight is 309 g/mol. The summed E-state index contributed by atoms with van der Waals surface area (Å²) in [5, 5.41) is 12.6. The third-order valence-electron chi connectivity index (χ3n) is 2.67. The van der Waals surface area contributed by atoms with E-state index in [0.29, 0.717) is 6.54 Å². The van der Waals surface area contributed by atoms with E-state index in [1.165, 1.54) is 0 Å². The van der Waals surface area contributed by atoms with Gasteiger partial charge in [0, 0.05) is 11.9 Å². The molecule has 0 aliphatic carbocycles. The quantitative estimate of drug-likeness (QED) is 0.725. The van der Waals surface area contributed by atoms with Gasteiger partial charge < -0.3 is 9.64 Å². The fraction of sp³-hybridized carbons (Fsp3) is 0.417. The van der Waals surface area contributed by atoms with E-state index in [2.05, 4.69) is 15.5 Å². The minimum Gasteiger partial charge on any atom is -0.460 e. The van der Waals surface area contributed by atoms with Crippen LogP contribution < -0.4 is 0 Å². The molecule has 0 unspecified atom stereocenters. The smallest absolute Gasteiger partial charge is 0.378 e. The maximum absolute atomic E-state index is 12.1. The van der Waals surface area contributed by atoms with E-state index in [-0.39, 0.29) is 24.9 Å². The van der Waals surface area contributed by atoms with Crippen LogP contribution in [0.5, 0.6) is 0 Å². The van der Waals surface area contributed by atoms with E-state index in [4.69, 9.17) is 4.74 Å². The van der Waals surface area contributed by atoms with Gasteiger partial charge in [-0.25, -0.2) is 9.48 Å². The molecule has 0 atom stereocenters. The molecular weight excluding hydrogens is 294 g/mol. The highest BCUT2D eigenvalue weighted by atomic mass is 32.1. The first-order chi connectivity index (χ1) is 10.1. The van der Waals surface area contributed by atoms with Crippen LogP contribution in [0.1, 0.15) is 22.4 Å². The molecule has 8 nitrogen and oxygen atoms in total. The zero-order valence-electron chi connectivity index (χ0n) is 11.7. The van der Waals surface area contributed by atoms with Crippen LogP contribution in [0.2, 0.25) is 0 Å². The second-order valence-corrected chi connectivity index (χ2v) is 5.24. The first kappa shape index (κ1) is 15.1. The first-order valence-electron chi connectivity index (χ1n) is 6.31. The summed E-state index contributed by atoms with van der Waals surface area (Å²) in [5.41, 5.74) is 0. The minimum absolute atomic E-state index is 0.0743. The number of hydrogen-bond acceptors (Lipinski definition) is 7. The number of ether oxygens (including phenoxy) is 1. The number of aromatic nitrogens is 4. The lowest BCUT2D eigenvalue weighted by Crippen LogP contribution is -2.31. The Morgan fingerprint density at radius 2 is 2.29 bits per heavy atom. The number of hydrogen-bond donors (Lipinski definition) is 0. The number of tetrazole rings is 1. The molecule has 9 heteroatoms. The lowest BCUT2D eigenvalue weighted by molar-refractivity contribution is -0.131. The maximum Gasteiger partial charge on any atom is 0.378 e. The van der Waals surface area contributed by atoms with Crippen molar-refractivity contribution in [3.8, 4) is 0 Å². The van der Waals surface area contributed by atoms with Gasteiger partial charge in [0.25, 0.3) is 5.82 Å². The zero-order chi connectivity index (χ0) is 15.2. The fourth-order valence-corrected chi connectivity index (χ4v) is 2.38. The van der Waals surface area contributed by atoms with Gasteiger partial charge in [-0.3, -0.25) is 4.79 Å². The van der Waals surface area contributed by atoms with Crippen LogP contribution in [0.25, 0.3) is 0 Å². The number of carbonyl (C=O) groups is 2. The third-order valence-corrected chi connectivity index (χ3v) is 3.53. The second kappa shape index (κ2) is 6.93. The van der Waals surface area contributed by atoms with Crippen LogP contribution in [-0.4, -0.2) is 50.6 Å². The SMILES string of the molecule is CCOC(=O)c1nnnn1CC(=O)N(C)Cc1cccs1. The van der Waals surface area contributed by atoms with Crippen molar-refractivity contribution in [2.75, 3.05) is 13.7 Å². The molecule has 2 heterocycles. The number of rotatable bonds is 6. The lowest BCUT2D eigenvalue weighted by atomic mass is 10.4. The van der Waals surface area contributed by atoms with Gasteiger partial charge >= 0.3 is 5.97 Å². The zero-order valence-corrected chi connectivity index (χ0v) is 12.5. The molecule has 0 aromatic carbocycles. The van der Waals surface area contributed by atoms with E-state index in [1.807, 2.05) is 17.5 Å². The molecule has 0 aliphatic rings. The molecule has 2 aromatic rings. The summed E-state index contributed by atoms with van der Waals surface area (Å²) in [4.78, 5) is 26.4. The van der Waals surface area contributed by atoms with Crippen molar-refractivity contribution in [2.45, 2.75) is 20.0 Å². The van der Waals surface area contributed by atoms with Crippen LogP contribution in [0.15, 0.2) is 17.5 Å². The summed E-state index contributed by atoms with van der Waals surface area (Å²) in [6.07, 6.45) is 0. The molecule has 1 amide bonds. The van der Waals surface area contributed by atoms with Crippen LogP contribution in [0.3, 0.4) is 0 Å². The topological polar surface area (TPSA) is 90.2 Å². The van der Waals surface area contributed by atoms with E-state index in [1.54, 1.807) is 30.2 Å². The summed E-state index contributed by atoms with van der Waals surface area (Å²) in [6.45, 7) is 2.31. The Kier molecular flexibility index (Phi) is 4.99. The van der Waals surface area contributed by atoms with E-state index in [0.717, 1.165) is 9.56 Å². The Morgan fingerprint density at radius 1 is 1.48 bits per heavy atom. The van der Waals surface area contributed by atoms with Gasteiger partial charge in [-0.15, -0.1) is 16.4 Å². The molecule has 21 heavy (non-hydrogen) atoms. The number of amides is 1. The van der Waals surface area contributed by atoms with Gasteiger partial charge in [-0.05, 0) is 28.8 Å². The molecule has 0 fully saturated rings. The normalized spacial score (nSPS) is 10.4. The molecule has 0 radical (unpaired) electrons. The number of nitrogens with zero attached hydrogens (tertiary/aromatic N) is 5. The van der Waals surface area contributed by atoms with Crippen LogP contribution in [0, 0.1) is 0 Å². The third kappa shape index (κ3) is 3.85. The van der Waals surface area contributed by atoms with E-state index in [9.17, 15) is 9.59 Å². The molecule has 0 aliphatic heterocycles. The van der Waals surface area contributed by atoms with Crippen molar-refractivity contribution < 1.29 is 14.3 Å². The van der Waals surface area contributed by atoms with Crippen molar-refractivity contribution in [3.05, 3.63) is 28.2 Å². The van der Waals surface area contributed by atoms with Gasteiger partial charge in [0.15, 0.2) is 0 Å². The summed E-state index contributed by atoms with van der Waals surface area (Å²) in [7, 11) is 1.69. The van der Waals surface area contributed by atoms with E-state index < -0.39 is 5.97 Å². The molecule has 2 rings (SSSR count). The Balaban J connectivity index is 1.99. The van der Waals surface area contributed by atoms with E-state index >= 15 is 0 Å². The van der Waals surface area contributed by atoms with Gasteiger partial charge in [0.05, 0.1) is 13.2 Å². The standard InChI is InChI=1S/C12H15N5O3S/c1-3-20-12(19)11-13-14-15-17(11)8-10(18)16(2)7-9-5-4-6-21-9/h4-6H,3,7-8H2,1-2H3. The Hall–Kier alpha value is -2.29. The largest absolute Gasteiger partial charge is 0.460 e. The Morgan fingerprint density at radius 3 is 2.95 bits per heavy atom. The molecule has 0 spiro atoms. The highest BCUT2D eigenvalue weighted by Crippen LogP contribution is 2.11. The highest BCUT2D eigenvalue weighted by Gasteiger charge is 2.20. The molecule has 0 saturated carbocycles. The molecule has 112 valence electrons. The highest BCUT2D eigenvalue weighted by molar-refractivity contribution is 7.09. The monoisotopic (exact) mass is 309 g/mol. The summed E-state index contributed by atoms with van der Waals surface area (Å²) in [5.74, 6) is -0.910. The molecule has 0 bridgehead atoms.